The highest BCUT2D eigenvalue weighted by Gasteiger charge is 2.02. The maximum Gasteiger partial charge on any atom is 0.343 e. The Morgan fingerprint density at radius 2 is 1.81 bits per heavy atom. The fourth-order valence-electron chi connectivity index (χ4n) is 1.85. The Labute approximate surface area is 156 Å². The molecule has 2 aromatic carbocycles. The quantitative estimate of drug-likeness (QED) is 0.334. The number of hydrazone groups is 1. The molecule has 0 heterocycles. The molecule has 136 valence electrons. The third kappa shape index (κ3) is 6.98. The number of esters is 1. The second-order valence-electron chi connectivity index (χ2n) is 5.33. The van der Waals surface area contributed by atoms with Crippen LogP contribution >= 0.6 is 11.8 Å². The summed E-state index contributed by atoms with van der Waals surface area (Å²) in [5.41, 5.74) is 4.47. The maximum absolute atomic E-state index is 11.8. The number of hydrogen-bond donors (Lipinski definition) is 1. The average molecular weight is 372 g/mol. The molecule has 0 radical (unpaired) electrons. The first-order chi connectivity index (χ1) is 12.6. The van der Waals surface area contributed by atoms with E-state index in [9.17, 15) is 9.59 Å². The lowest BCUT2D eigenvalue weighted by Crippen LogP contribution is -2.19. The molecule has 6 nitrogen and oxygen atoms in total. The van der Waals surface area contributed by atoms with Gasteiger partial charge < -0.3 is 9.47 Å². The van der Waals surface area contributed by atoms with E-state index in [0.717, 1.165) is 10.5 Å². The monoisotopic (exact) mass is 372 g/mol. The Bertz CT molecular complexity index is 758. The van der Waals surface area contributed by atoms with E-state index in [2.05, 4.69) is 15.3 Å². The van der Waals surface area contributed by atoms with Gasteiger partial charge in [-0.3, -0.25) is 4.79 Å². The zero-order valence-electron chi connectivity index (χ0n) is 14.6. The van der Waals surface area contributed by atoms with Crippen LogP contribution in [0.2, 0.25) is 0 Å². The number of hydrogen-bond acceptors (Lipinski definition) is 6. The largest absolute Gasteiger partial charge is 0.482 e. The lowest BCUT2D eigenvalue weighted by molar-refractivity contribution is -0.142. The van der Waals surface area contributed by atoms with Gasteiger partial charge in [-0.05, 0) is 48.9 Å². The van der Waals surface area contributed by atoms with E-state index >= 15 is 0 Å². The summed E-state index contributed by atoms with van der Waals surface area (Å²) in [6.07, 6.45) is 1.54. The third-order valence-electron chi connectivity index (χ3n) is 3.26. The first-order valence-corrected chi connectivity index (χ1v) is 8.86. The molecule has 0 atom stereocenters. The van der Waals surface area contributed by atoms with Crippen LogP contribution in [0, 0.1) is 6.92 Å². The second-order valence-corrected chi connectivity index (χ2v) is 6.38. The molecule has 0 aliphatic carbocycles. The summed E-state index contributed by atoms with van der Waals surface area (Å²) < 4.78 is 9.74. The molecule has 7 heteroatoms. The van der Waals surface area contributed by atoms with Crippen LogP contribution in [0.5, 0.6) is 5.75 Å². The maximum atomic E-state index is 11.8. The van der Waals surface area contributed by atoms with E-state index in [1.807, 2.05) is 31.2 Å². The second kappa shape index (κ2) is 10.2. The van der Waals surface area contributed by atoms with Crippen LogP contribution in [0.25, 0.3) is 0 Å². The summed E-state index contributed by atoms with van der Waals surface area (Å²) in [7, 11) is 1.30. The first kappa shape index (κ1) is 19.5. The molecule has 0 aliphatic heterocycles. The molecule has 2 aromatic rings. The zero-order chi connectivity index (χ0) is 18.8. The van der Waals surface area contributed by atoms with E-state index in [4.69, 9.17) is 4.74 Å². The van der Waals surface area contributed by atoms with Crippen LogP contribution in [0.4, 0.5) is 0 Å². The fraction of sp³-hybridized carbons (Fsp3) is 0.211. The van der Waals surface area contributed by atoms with Crippen molar-refractivity contribution >= 4 is 29.9 Å². The van der Waals surface area contributed by atoms with Crippen molar-refractivity contribution in [3.05, 3.63) is 59.7 Å². The molecule has 0 unspecified atom stereocenters. The van der Waals surface area contributed by atoms with Gasteiger partial charge in [-0.2, -0.15) is 5.10 Å². The lowest BCUT2D eigenvalue weighted by atomic mass is 10.2. The van der Waals surface area contributed by atoms with Crippen LogP contribution in [0.15, 0.2) is 58.5 Å². The number of rotatable bonds is 8. The molecule has 0 bridgehead atoms. The Morgan fingerprint density at radius 1 is 1.12 bits per heavy atom. The van der Waals surface area contributed by atoms with Crippen LogP contribution in [-0.2, 0) is 14.3 Å². The predicted molar refractivity (Wildman–Crippen MR) is 102 cm³/mol. The highest BCUT2D eigenvalue weighted by molar-refractivity contribution is 8.00. The number of ether oxygens (including phenoxy) is 2. The number of nitrogens with zero attached hydrogens (tertiary/aromatic N) is 1. The van der Waals surface area contributed by atoms with Crippen LogP contribution in [-0.4, -0.2) is 37.6 Å². The van der Waals surface area contributed by atoms with E-state index in [1.54, 1.807) is 30.5 Å². The van der Waals surface area contributed by atoms with Gasteiger partial charge in [0.1, 0.15) is 5.75 Å². The number of amides is 1. The fourth-order valence-corrected chi connectivity index (χ4v) is 2.54. The molecule has 0 fully saturated rings. The third-order valence-corrected chi connectivity index (χ3v) is 4.27. The summed E-state index contributed by atoms with van der Waals surface area (Å²) >= 11 is 1.45. The number of carbonyl (C=O) groups excluding carboxylic acids is 2. The van der Waals surface area contributed by atoms with Crippen molar-refractivity contribution in [2.24, 2.45) is 5.10 Å². The number of carbonyl (C=O) groups is 2. The molecule has 2 rings (SSSR count). The molecular weight excluding hydrogens is 352 g/mol. The van der Waals surface area contributed by atoms with Crippen molar-refractivity contribution in [1.29, 1.82) is 0 Å². The molecule has 0 saturated heterocycles. The van der Waals surface area contributed by atoms with Gasteiger partial charge in [-0.15, -0.1) is 11.8 Å². The van der Waals surface area contributed by atoms with Crippen molar-refractivity contribution < 1.29 is 19.1 Å². The number of thioether (sulfide) groups is 1. The standard InChI is InChI=1S/C19H20N2O4S/c1-14-3-9-17(10-4-14)26-13-18(22)21-20-11-15-5-7-16(8-6-15)25-12-19(23)24-2/h3-11H,12-13H2,1-2H3,(H,21,22). The summed E-state index contributed by atoms with van der Waals surface area (Å²) in [4.78, 5) is 23.8. The van der Waals surface area contributed by atoms with Gasteiger partial charge >= 0.3 is 5.97 Å². The van der Waals surface area contributed by atoms with Gasteiger partial charge in [0.15, 0.2) is 6.61 Å². The molecule has 0 saturated carbocycles. The van der Waals surface area contributed by atoms with Crippen LogP contribution < -0.4 is 10.2 Å². The topological polar surface area (TPSA) is 77.0 Å². The SMILES string of the molecule is COC(=O)COc1ccc(C=NNC(=O)CSc2ccc(C)cc2)cc1. The number of methoxy groups -OCH3 is 1. The summed E-state index contributed by atoms with van der Waals surface area (Å²) in [6, 6.07) is 14.9. The average Bonchev–Trinajstić information content (AvgIpc) is 2.66. The van der Waals surface area contributed by atoms with Gasteiger partial charge in [0.2, 0.25) is 5.91 Å². The van der Waals surface area contributed by atoms with Crippen molar-refractivity contribution in [2.75, 3.05) is 19.5 Å². The molecule has 1 amide bonds. The smallest absolute Gasteiger partial charge is 0.343 e. The normalized spacial score (nSPS) is 10.5. The Balaban J connectivity index is 1.74. The van der Waals surface area contributed by atoms with Gasteiger partial charge in [-0.1, -0.05) is 17.7 Å². The highest BCUT2D eigenvalue weighted by atomic mass is 32.2. The van der Waals surface area contributed by atoms with Gasteiger partial charge in [0, 0.05) is 4.90 Å². The molecule has 0 aromatic heterocycles. The Kier molecular flexibility index (Phi) is 7.70. The minimum absolute atomic E-state index is 0.140. The zero-order valence-corrected chi connectivity index (χ0v) is 15.4. The first-order valence-electron chi connectivity index (χ1n) is 7.88. The highest BCUT2D eigenvalue weighted by Crippen LogP contribution is 2.17. The van der Waals surface area contributed by atoms with E-state index < -0.39 is 5.97 Å². The molecule has 0 aliphatic rings. The van der Waals surface area contributed by atoms with Gasteiger partial charge in [0.25, 0.3) is 0 Å². The molecule has 0 spiro atoms. The molecule has 1 N–H and O–H groups in total. The van der Waals surface area contributed by atoms with E-state index in [1.165, 1.54) is 24.4 Å². The minimum Gasteiger partial charge on any atom is -0.482 e. The van der Waals surface area contributed by atoms with Crippen molar-refractivity contribution in [2.45, 2.75) is 11.8 Å². The van der Waals surface area contributed by atoms with Crippen LogP contribution in [0.3, 0.4) is 0 Å². The molecule has 26 heavy (non-hydrogen) atoms. The Morgan fingerprint density at radius 3 is 2.46 bits per heavy atom. The van der Waals surface area contributed by atoms with Crippen LogP contribution in [0.1, 0.15) is 11.1 Å². The lowest BCUT2D eigenvalue weighted by Gasteiger charge is -2.04. The summed E-state index contributed by atoms with van der Waals surface area (Å²) in [5.74, 6) is 0.221. The van der Waals surface area contributed by atoms with Crippen molar-refractivity contribution in [1.82, 2.24) is 5.43 Å². The summed E-state index contributed by atoms with van der Waals surface area (Å²) in [6.45, 7) is 1.88. The number of nitrogens with one attached hydrogen (secondary N) is 1. The summed E-state index contributed by atoms with van der Waals surface area (Å²) in [5, 5.41) is 3.93. The number of benzene rings is 2. The van der Waals surface area contributed by atoms with Crippen molar-refractivity contribution in [3.63, 3.8) is 0 Å². The predicted octanol–water partition coefficient (Wildman–Crippen LogP) is 2.79. The van der Waals surface area contributed by atoms with E-state index in [0.29, 0.717) is 11.5 Å². The van der Waals surface area contributed by atoms with Gasteiger partial charge in [-0.25, -0.2) is 10.2 Å². The van der Waals surface area contributed by atoms with Crippen molar-refractivity contribution in [3.8, 4) is 5.75 Å². The minimum atomic E-state index is -0.443. The number of aryl methyl sites for hydroxylation is 1. The van der Waals surface area contributed by atoms with E-state index in [-0.39, 0.29) is 12.5 Å². The molecular formula is C19H20N2O4S. The Hall–Kier alpha value is -2.80. The van der Waals surface area contributed by atoms with Gasteiger partial charge in [0.05, 0.1) is 19.1 Å².